The number of hydrogen-bond acceptors (Lipinski definition) is 5. The van der Waals surface area contributed by atoms with E-state index in [1.807, 2.05) is 36.4 Å². The number of methoxy groups -OCH3 is 2. The van der Waals surface area contributed by atoms with Crippen LogP contribution in [0.1, 0.15) is 25.0 Å². The van der Waals surface area contributed by atoms with Crippen LogP contribution in [0.15, 0.2) is 48.5 Å². The second-order valence-electron chi connectivity index (χ2n) is 6.90. The van der Waals surface area contributed by atoms with Crippen molar-refractivity contribution in [1.82, 2.24) is 10.6 Å². The Kier molecular flexibility index (Phi) is 8.58. The lowest BCUT2D eigenvalue weighted by Gasteiger charge is -2.27. The number of ether oxygens (including phenoxy) is 2. The number of aliphatic hydroxyl groups is 1. The van der Waals surface area contributed by atoms with Crippen LogP contribution in [0.25, 0.3) is 0 Å². The molecule has 2 unspecified atom stereocenters. The molecule has 5 nitrogen and oxygen atoms in total. The molecule has 0 spiro atoms. The Balaban J connectivity index is 1.90. The van der Waals surface area contributed by atoms with Crippen LogP contribution in [0, 0.1) is 0 Å². The first-order chi connectivity index (χ1) is 13.1. The Morgan fingerprint density at radius 3 is 1.56 bits per heavy atom. The molecule has 0 aromatic heterocycles. The predicted octanol–water partition coefficient (Wildman–Crippen LogP) is 2.76. The van der Waals surface area contributed by atoms with Crippen molar-refractivity contribution in [2.75, 3.05) is 20.8 Å². The normalized spacial score (nSPS) is 14.4. The van der Waals surface area contributed by atoms with Gasteiger partial charge in [-0.15, -0.1) is 0 Å². The fourth-order valence-corrected chi connectivity index (χ4v) is 3.36. The molecule has 2 rings (SSSR count). The third-order valence-corrected chi connectivity index (χ3v) is 4.59. The molecule has 0 radical (unpaired) electrons. The minimum atomic E-state index is -0.181. The summed E-state index contributed by atoms with van der Waals surface area (Å²) in [5.41, 5.74) is 2.30. The van der Waals surface area contributed by atoms with Crippen LogP contribution in [0.4, 0.5) is 0 Å². The first-order valence-corrected chi connectivity index (χ1v) is 9.44. The van der Waals surface area contributed by atoms with Gasteiger partial charge in [-0.25, -0.2) is 0 Å². The van der Waals surface area contributed by atoms with Crippen molar-refractivity contribution >= 4 is 0 Å². The Morgan fingerprint density at radius 2 is 1.19 bits per heavy atom. The monoisotopic (exact) mass is 372 g/mol. The van der Waals surface area contributed by atoms with Gasteiger partial charge in [0.25, 0.3) is 0 Å². The van der Waals surface area contributed by atoms with Gasteiger partial charge in [0, 0.05) is 12.1 Å². The highest BCUT2D eigenvalue weighted by molar-refractivity contribution is 5.34. The van der Waals surface area contributed by atoms with Gasteiger partial charge in [-0.3, -0.25) is 10.6 Å². The zero-order chi connectivity index (χ0) is 19.6. The van der Waals surface area contributed by atoms with Crippen molar-refractivity contribution in [3.8, 4) is 11.5 Å². The summed E-state index contributed by atoms with van der Waals surface area (Å²) in [6.45, 7) is 4.25. The molecule has 0 saturated carbocycles. The molecule has 2 aromatic rings. The molecular formula is C22H32N2O3. The number of nitrogens with one attached hydrogen (secondary N) is 2. The Labute approximate surface area is 162 Å². The van der Waals surface area contributed by atoms with E-state index in [0.29, 0.717) is 0 Å². The number of aliphatic hydroxyl groups excluding tert-OH is 1. The van der Waals surface area contributed by atoms with Crippen LogP contribution in [0.2, 0.25) is 0 Å². The van der Waals surface area contributed by atoms with E-state index in [9.17, 15) is 5.11 Å². The summed E-state index contributed by atoms with van der Waals surface area (Å²) in [6, 6.07) is 16.4. The second kappa shape index (κ2) is 10.9. The molecule has 0 bridgehead atoms. The van der Waals surface area contributed by atoms with Crippen molar-refractivity contribution in [2.24, 2.45) is 0 Å². The summed E-state index contributed by atoms with van der Waals surface area (Å²) < 4.78 is 10.9. The first kappa shape index (κ1) is 21.2. The Hall–Kier alpha value is -2.08. The molecule has 2 atom stereocenters. The van der Waals surface area contributed by atoms with Gasteiger partial charge in [0.15, 0.2) is 0 Å². The molecule has 0 aliphatic heterocycles. The highest BCUT2D eigenvalue weighted by Crippen LogP contribution is 2.20. The minimum absolute atomic E-state index is 0.0204. The van der Waals surface area contributed by atoms with Crippen molar-refractivity contribution in [3.63, 3.8) is 0 Å². The standard InChI is InChI=1S/C22H32N2O3/c1-16(13-18-9-5-7-11-20(18)26-3)23-22(15-25)24-17(2)14-19-10-6-8-12-21(19)27-4/h5-12,16-17,22-25H,13-15H2,1-4H3. The molecule has 0 amide bonds. The smallest absolute Gasteiger partial charge is 0.122 e. The lowest BCUT2D eigenvalue weighted by Crippen LogP contribution is -2.52. The number of benzene rings is 2. The van der Waals surface area contributed by atoms with Crippen LogP contribution >= 0.6 is 0 Å². The Morgan fingerprint density at radius 1 is 0.778 bits per heavy atom. The van der Waals surface area contributed by atoms with Crippen molar-refractivity contribution in [1.29, 1.82) is 0 Å². The van der Waals surface area contributed by atoms with Gasteiger partial charge in [-0.2, -0.15) is 0 Å². The van der Waals surface area contributed by atoms with E-state index in [-0.39, 0.29) is 24.9 Å². The lowest BCUT2D eigenvalue weighted by atomic mass is 10.0. The highest BCUT2D eigenvalue weighted by atomic mass is 16.5. The number of rotatable bonds is 11. The van der Waals surface area contributed by atoms with Crippen LogP contribution in [0.5, 0.6) is 11.5 Å². The zero-order valence-electron chi connectivity index (χ0n) is 16.7. The second-order valence-corrected chi connectivity index (χ2v) is 6.90. The van der Waals surface area contributed by atoms with Gasteiger partial charge in [-0.1, -0.05) is 36.4 Å². The van der Waals surface area contributed by atoms with E-state index < -0.39 is 0 Å². The van der Waals surface area contributed by atoms with Gasteiger partial charge < -0.3 is 14.6 Å². The van der Waals surface area contributed by atoms with E-state index in [1.165, 1.54) is 0 Å². The molecule has 0 heterocycles. The summed E-state index contributed by atoms with van der Waals surface area (Å²) in [5, 5.41) is 16.7. The third kappa shape index (κ3) is 6.54. The third-order valence-electron chi connectivity index (χ3n) is 4.59. The predicted molar refractivity (Wildman–Crippen MR) is 109 cm³/mol. The molecule has 0 saturated heterocycles. The maximum absolute atomic E-state index is 9.78. The summed E-state index contributed by atoms with van der Waals surface area (Å²) in [4.78, 5) is 0. The maximum Gasteiger partial charge on any atom is 0.122 e. The lowest BCUT2D eigenvalue weighted by molar-refractivity contribution is 0.198. The first-order valence-electron chi connectivity index (χ1n) is 9.44. The van der Waals surface area contributed by atoms with Gasteiger partial charge in [0.1, 0.15) is 11.5 Å². The van der Waals surface area contributed by atoms with Crippen LogP contribution < -0.4 is 20.1 Å². The summed E-state index contributed by atoms with van der Waals surface area (Å²) >= 11 is 0. The van der Waals surface area contributed by atoms with Crippen LogP contribution in [0.3, 0.4) is 0 Å². The van der Waals surface area contributed by atoms with E-state index in [2.05, 4.69) is 36.6 Å². The average molecular weight is 373 g/mol. The van der Waals surface area contributed by atoms with Gasteiger partial charge in [0.05, 0.1) is 27.0 Å². The molecular weight excluding hydrogens is 340 g/mol. The fourth-order valence-electron chi connectivity index (χ4n) is 3.36. The number of para-hydroxylation sites is 2. The fraction of sp³-hybridized carbons (Fsp3) is 0.455. The average Bonchev–Trinajstić information content (AvgIpc) is 2.68. The highest BCUT2D eigenvalue weighted by Gasteiger charge is 2.16. The number of hydrogen-bond donors (Lipinski definition) is 3. The van der Waals surface area contributed by atoms with Crippen LogP contribution in [-0.2, 0) is 12.8 Å². The molecule has 0 aliphatic carbocycles. The van der Waals surface area contributed by atoms with Crippen LogP contribution in [-0.4, -0.2) is 44.2 Å². The van der Waals surface area contributed by atoms with Crippen molar-refractivity contribution < 1.29 is 14.6 Å². The molecule has 27 heavy (non-hydrogen) atoms. The van der Waals surface area contributed by atoms with Crippen molar-refractivity contribution in [3.05, 3.63) is 59.7 Å². The van der Waals surface area contributed by atoms with E-state index in [4.69, 9.17) is 9.47 Å². The van der Waals surface area contributed by atoms with E-state index in [0.717, 1.165) is 35.5 Å². The Bertz CT molecular complexity index is 635. The minimum Gasteiger partial charge on any atom is -0.496 e. The summed E-state index contributed by atoms with van der Waals surface area (Å²) in [7, 11) is 3.38. The quantitative estimate of drug-likeness (QED) is 0.530. The summed E-state index contributed by atoms with van der Waals surface area (Å²) in [5.74, 6) is 1.79. The zero-order valence-corrected chi connectivity index (χ0v) is 16.7. The van der Waals surface area contributed by atoms with Crippen molar-refractivity contribution in [2.45, 2.75) is 44.9 Å². The van der Waals surface area contributed by atoms with E-state index >= 15 is 0 Å². The topological polar surface area (TPSA) is 62.8 Å². The molecule has 148 valence electrons. The maximum atomic E-state index is 9.78. The van der Waals surface area contributed by atoms with Gasteiger partial charge in [-0.05, 0) is 49.9 Å². The van der Waals surface area contributed by atoms with Gasteiger partial charge >= 0.3 is 0 Å². The molecule has 3 N–H and O–H groups in total. The SMILES string of the molecule is COc1ccccc1CC(C)NC(CO)NC(C)Cc1ccccc1OC. The molecule has 5 heteroatoms. The largest absolute Gasteiger partial charge is 0.496 e. The molecule has 0 aliphatic rings. The van der Waals surface area contributed by atoms with Gasteiger partial charge in [0.2, 0.25) is 0 Å². The molecule has 0 fully saturated rings. The van der Waals surface area contributed by atoms with E-state index in [1.54, 1.807) is 14.2 Å². The molecule has 2 aromatic carbocycles. The summed E-state index contributed by atoms with van der Waals surface area (Å²) in [6.07, 6.45) is 1.46.